The number of esters is 2. The first-order valence-electron chi connectivity index (χ1n) is 20.8. The molecule has 0 heterocycles. The van der Waals surface area contributed by atoms with E-state index in [2.05, 4.69) is 116 Å². The molecule has 0 saturated heterocycles. The number of allylic oxidation sites excluding steroid dienone is 18. The maximum absolute atomic E-state index is 12.6. The highest BCUT2D eigenvalue weighted by atomic mass is 31.2. The Bertz CT molecular complexity index is 1310. The number of hydrogen-bond donors (Lipinski definition) is 3. The Morgan fingerprint density at radius 2 is 0.982 bits per heavy atom. The van der Waals surface area contributed by atoms with Crippen LogP contribution in [-0.4, -0.2) is 65.7 Å². The lowest BCUT2D eigenvalue weighted by Gasteiger charge is -2.20. The lowest BCUT2D eigenvalue weighted by molar-refractivity contribution is -0.161. The van der Waals surface area contributed by atoms with Gasteiger partial charge in [-0.05, 0) is 89.9 Å². The van der Waals surface area contributed by atoms with E-state index in [1.54, 1.807) is 0 Å². The van der Waals surface area contributed by atoms with Crippen LogP contribution < -0.4 is 0 Å². The Hall–Kier alpha value is -3.37. The van der Waals surface area contributed by atoms with Gasteiger partial charge in [-0.3, -0.25) is 18.6 Å². The second kappa shape index (κ2) is 40.8. The number of phosphoric ester groups is 1. The van der Waals surface area contributed by atoms with Crippen molar-refractivity contribution in [3.05, 3.63) is 109 Å². The first kappa shape index (κ1) is 53.6. The van der Waals surface area contributed by atoms with Gasteiger partial charge in [0.25, 0.3) is 0 Å². The molecular formula is C46H73O10P. The van der Waals surface area contributed by atoms with Crippen molar-refractivity contribution >= 4 is 19.8 Å². The number of phosphoric acid groups is 1. The fraction of sp³-hybridized carbons (Fsp3) is 0.565. The fourth-order valence-corrected chi connectivity index (χ4v) is 5.52. The summed E-state index contributed by atoms with van der Waals surface area (Å²) in [6, 6.07) is 0. The van der Waals surface area contributed by atoms with Crippen molar-refractivity contribution in [2.24, 2.45) is 0 Å². The minimum absolute atomic E-state index is 0.102. The molecule has 57 heavy (non-hydrogen) atoms. The number of rotatable bonds is 37. The average Bonchev–Trinajstić information content (AvgIpc) is 3.20. The molecule has 0 saturated carbocycles. The minimum atomic E-state index is -4.65. The molecule has 0 aromatic heterocycles. The highest BCUT2D eigenvalue weighted by Crippen LogP contribution is 2.43. The molecule has 0 rings (SSSR count). The molecule has 0 amide bonds. The number of unbranched alkanes of at least 4 members (excludes halogenated alkanes) is 5. The van der Waals surface area contributed by atoms with E-state index in [-0.39, 0.29) is 19.4 Å². The van der Waals surface area contributed by atoms with E-state index in [1.807, 2.05) is 12.2 Å². The Labute approximate surface area is 344 Å². The van der Waals surface area contributed by atoms with Gasteiger partial charge in [0.15, 0.2) is 6.10 Å². The van der Waals surface area contributed by atoms with Crippen LogP contribution in [0.3, 0.4) is 0 Å². The predicted molar refractivity (Wildman–Crippen MR) is 232 cm³/mol. The summed E-state index contributed by atoms with van der Waals surface area (Å²) in [6.07, 6.45) is 50.7. The SMILES string of the molecule is CC/C=C/C/C=C/C/C=C/C/C=C/CCCCC(=O)O[C@H](COC(=O)CC/C=C/C/C=C/C/C=C/C/C=C/C/C=C/CCCCC)COP(=O)(O)OC[C@@H](O)CO. The number of carbonyl (C=O) groups excluding carboxylic acids is 2. The van der Waals surface area contributed by atoms with Crippen LogP contribution in [0.1, 0.15) is 129 Å². The summed E-state index contributed by atoms with van der Waals surface area (Å²) in [5.41, 5.74) is 0. The molecule has 0 aromatic carbocycles. The van der Waals surface area contributed by atoms with Gasteiger partial charge in [0.05, 0.1) is 19.8 Å². The third-order valence-corrected chi connectivity index (χ3v) is 8.88. The molecule has 0 aliphatic heterocycles. The molecule has 0 fully saturated rings. The van der Waals surface area contributed by atoms with Gasteiger partial charge in [-0.2, -0.15) is 0 Å². The van der Waals surface area contributed by atoms with Crippen LogP contribution in [0, 0.1) is 0 Å². The minimum Gasteiger partial charge on any atom is -0.462 e. The van der Waals surface area contributed by atoms with Gasteiger partial charge >= 0.3 is 19.8 Å². The summed E-state index contributed by atoms with van der Waals surface area (Å²) < 4.78 is 32.5. The highest BCUT2D eigenvalue weighted by molar-refractivity contribution is 7.47. The molecule has 3 atom stereocenters. The molecule has 11 heteroatoms. The molecule has 0 spiro atoms. The number of hydrogen-bond acceptors (Lipinski definition) is 9. The van der Waals surface area contributed by atoms with Gasteiger partial charge in [-0.1, -0.05) is 136 Å². The average molecular weight is 817 g/mol. The topological polar surface area (TPSA) is 149 Å². The van der Waals surface area contributed by atoms with E-state index in [9.17, 15) is 24.2 Å². The molecule has 1 unspecified atom stereocenters. The van der Waals surface area contributed by atoms with Gasteiger partial charge in [0.2, 0.25) is 0 Å². The number of ether oxygens (including phenoxy) is 2. The van der Waals surface area contributed by atoms with Crippen LogP contribution >= 0.6 is 7.82 Å². The molecule has 10 nitrogen and oxygen atoms in total. The standard InChI is InChI=1S/C46H73O10P/c1-3-5-7-9-11-13-15-17-19-20-21-22-24-25-27-29-31-33-35-37-45(49)53-41-44(42-55-57(51,52)54-40-43(48)39-47)56-46(50)38-36-34-32-30-28-26-23-18-16-14-12-10-8-6-4-2/h6,8,11-14,17-19,21-23,25,27-28,30-31,33,43-44,47-48H,3-5,7,9-10,15-16,20,24,26,29,32,34-42H2,1-2H3,(H,51,52)/b8-6+,13-11+,14-12+,19-17+,22-21+,23-18+,27-25+,30-28+,33-31+/t43-,44+/m0/s1. The highest BCUT2D eigenvalue weighted by Gasteiger charge is 2.27. The van der Waals surface area contributed by atoms with Crippen molar-refractivity contribution in [3.8, 4) is 0 Å². The quantitative estimate of drug-likeness (QED) is 0.0239. The van der Waals surface area contributed by atoms with E-state index in [1.165, 1.54) is 25.7 Å². The van der Waals surface area contributed by atoms with E-state index < -0.39 is 51.8 Å². The second-order valence-corrected chi connectivity index (χ2v) is 14.7. The maximum atomic E-state index is 12.6. The van der Waals surface area contributed by atoms with E-state index >= 15 is 0 Å². The van der Waals surface area contributed by atoms with Gasteiger partial charge in [-0.25, -0.2) is 4.57 Å². The molecule has 0 bridgehead atoms. The van der Waals surface area contributed by atoms with Crippen molar-refractivity contribution in [1.82, 2.24) is 0 Å². The third-order valence-electron chi connectivity index (χ3n) is 7.92. The van der Waals surface area contributed by atoms with Crippen LogP contribution in [0.4, 0.5) is 0 Å². The van der Waals surface area contributed by atoms with Crippen molar-refractivity contribution in [2.45, 2.75) is 142 Å². The smallest absolute Gasteiger partial charge is 0.462 e. The van der Waals surface area contributed by atoms with Gasteiger partial charge in [0, 0.05) is 12.8 Å². The summed E-state index contributed by atoms with van der Waals surface area (Å²) in [5, 5.41) is 18.3. The predicted octanol–water partition coefficient (Wildman–Crippen LogP) is 11.0. The number of carbonyl (C=O) groups is 2. The molecule has 0 aliphatic rings. The van der Waals surface area contributed by atoms with E-state index in [4.69, 9.17) is 19.1 Å². The molecule has 0 radical (unpaired) electrons. The zero-order valence-corrected chi connectivity index (χ0v) is 35.6. The Balaban J connectivity index is 4.53. The van der Waals surface area contributed by atoms with Crippen LogP contribution in [0.25, 0.3) is 0 Å². The zero-order valence-electron chi connectivity index (χ0n) is 34.7. The van der Waals surface area contributed by atoms with Gasteiger partial charge in [0.1, 0.15) is 12.7 Å². The lowest BCUT2D eigenvalue weighted by atomic mass is 10.2. The normalized spacial score (nSPS) is 15.0. The summed E-state index contributed by atoms with van der Waals surface area (Å²) in [7, 11) is -4.65. The Morgan fingerprint density at radius 3 is 1.46 bits per heavy atom. The summed E-state index contributed by atoms with van der Waals surface area (Å²) in [4.78, 5) is 34.9. The van der Waals surface area contributed by atoms with Crippen LogP contribution in [0.2, 0.25) is 0 Å². The molecule has 322 valence electrons. The largest absolute Gasteiger partial charge is 0.472 e. The van der Waals surface area contributed by atoms with Gasteiger partial charge < -0.3 is 24.6 Å². The molecule has 3 N–H and O–H groups in total. The zero-order chi connectivity index (χ0) is 41.9. The lowest BCUT2D eigenvalue weighted by Crippen LogP contribution is -2.29. The fourth-order valence-electron chi connectivity index (χ4n) is 4.73. The Kier molecular flexibility index (Phi) is 38.4. The van der Waals surface area contributed by atoms with E-state index in [0.717, 1.165) is 64.2 Å². The first-order valence-corrected chi connectivity index (χ1v) is 22.3. The summed E-state index contributed by atoms with van der Waals surface area (Å²) in [5.74, 6) is -1.08. The van der Waals surface area contributed by atoms with Crippen LogP contribution in [0.15, 0.2) is 109 Å². The summed E-state index contributed by atoms with van der Waals surface area (Å²) in [6.45, 7) is 2.07. The van der Waals surface area contributed by atoms with Crippen molar-refractivity contribution < 1.29 is 47.8 Å². The van der Waals surface area contributed by atoms with Crippen LogP contribution in [-0.2, 0) is 32.7 Å². The van der Waals surface area contributed by atoms with Crippen LogP contribution in [0.5, 0.6) is 0 Å². The molecular weight excluding hydrogens is 743 g/mol. The first-order chi connectivity index (χ1) is 27.7. The molecule has 0 aromatic rings. The summed E-state index contributed by atoms with van der Waals surface area (Å²) >= 11 is 0. The second-order valence-electron chi connectivity index (χ2n) is 13.3. The number of aliphatic hydroxyl groups is 2. The molecule has 0 aliphatic carbocycles. The number of aliphatic hydroxyl groups excluding tert-OH is 2. The van der Waals surface area contributed by atoms with E-state index in [0.29, 0.717) is 12.8 Å². The monoisotopic (exact) mass is 816 g/mol. The van der Waals surface area contributed by atoms with Crippen molar-refractivity contribution in [3.63, 3.8) is 0 Å². The third kappa shape index (κ3) is 40.6. The van der Waals surface area contributed by atoms with Crippen molar-refractivity contribution in [1.29, 1.82) is 0 Å². The maximum Gasteiger partial charge on any atom is 0.472 e. The van der Waals surface area contributed by atoms with Crippen molar-refractivity contribution in [2.75, 3.05) is 26.4 Å². The van der Waals surface area contributed by atoms with Gasteiger partial charge in [-0.15, -0.1) is 0 Å². The Morgan fingerprint density at radius 1 is 0.544 bits per heavy atom.